The highest BCUT2D eigenvalue weighted by Gasteiger charge is 2.13. The highest BCUT2D eigenvalue weighted by Crippen LogP contribution is 2.39. The maximum absolute atomic E-state index is 3.75. The van der Waals surface area contributed by atoms with Crippen LogP contribution in [0.1, 0.15) is 15.3 Å². The summed E-state index contributed by atoms with van der Waals surface area (Å²) in [4.78, 5) is 1.67. The van der Waals surface area contributed by atoms with Gasteiger partial charge in [-0.25, -0.2) is 0 Å². The normalized spacial score (nSPS) is 12.7. The van der Waals surface area contributed by atoms with Crippen molar-refractivity contribution in [3.8, 4) is 0 Å². The monoisotopic (exact) mass is 500 g/mol. The summed E-state index contributed by atoms with van der Waals surface area (Å²) in [5.74, 6) is 0. The zero-order valence-corrected chi connectivity index (χ0v) is 15.8. The van der Waals surface area contributed by atoms with E-state index in [1.54, 1.807) is 11.3 Å². The average Bonchev–Trinajstić information content (AvgIpc) is 2.59. The lowest BCUT2D eigenvalue weighted by atomic mass is 10.1. The molecular formula is C12H8Br4S. The van der Waals surface area contributed by atoms with Gasteiger partial charge in [0.2, 0.25) is 0 Å². The third kappa shape index (κ3) is 3.90. The number of hydrogen-bond acceptors (Lipinski definition) is 1. The second kappa shape index (κ2) is 6.33. The first kappa shape index (κ1) is 14.3. The van der Waals surface area contributed by atoms with Crippen LogP contribution in [0.5, 0.6) is 0 Å². The fourth-order valence-electron chi connectivity index (χ4n) is 1.49. The minimum absolute atomic E-state index is 0.351. The van der Waals surface area contributed by atoms with E-state index < -0.39 is 0 Å². The van der Waals surface area contributed by atoms with Crippen LogP contribution in [0.3, 0.4) is 0 Å². The predicted molar refractivity (Wildman–Crippen MR) is 89.2 cm³/mol. The molecule has 0 nitrogen and oxygen atoms in total. The Morgan fingerprint density at radius 1 is 1.12 bits per heavy atom. The number of rotatable bonds is 3. The Labute approximate surface area is 138 Å². The van der Waals surface area contributed by atoms with Crippen LogP contribution in [0.4, 0.5) is 0 Å². The lowest BCUT2D eigenvalue weighted by Gasteiger charge is -2.07. The Morgan fingerprint density at radius 2 is 1.88 bits per heavy atom. The van der Waals surface area contributed by atoms with E-state index in [9.17, 15) is 0 Å². The van der Waals surface area contributed by atoms with Gasteiger partial charge in [0.25, 0.3) is 0 Å². The molecule has 2 aromatic rings. The summed E-state index contributed by atoms with van der Waals surface area (Å²) in [5.41, 5.74) is 1.32. The summed E-state index contributed by atoms with van der Waals surface area (Å²) in [6, 6.07) is 10.6. The zero-order chi connectivity index (χ0) is 12.4. The molecular weight excluding hydrogens is 496 g/mol. The molecule has 1 aromatic carbocycles. The van der Waals surface area contributed by atoms with E-state index in [1.807, 2.05) is 6.07 Å². The van der Waals surface area contributed by atoms with Crippen molar-refractivity contribution in [1.82, 2.24) is 0 Å². The molecule has 5 heteroatoms. The molecule has 1 aromatic heterocycles. The van der Waals surface area contributed by atoms with Gasteiger partial charge in [-0.2, -0.15) is 0 Å². The summed E-state index contributed by atoms with van der Waals surface area (Å²) >= 11 is 16.0. The molecule has 0 aliphatic carbocycles. The number of alkyl halides is 1. The smallest absolute Gasteiger partial charge is 0.0843 e. The maximum Gasteiger partial charge on any atom is 0.0843 e. The molecule has 1 unspecified atom stereocenters. The Hall–Kier alpha value is 0.840. The van der Waals surface area contributed by atoms with Crippen molar-refractivity contribution in [3.63, 3.8) is 0 Å². The largest absolute Gasteiger partial charge is 0.131 e. The van der Waals surface area contributed by atoms with Crippen LogP contribution in [0.2, 0.25) is 0 Å². The SMILES string of the molecule is Brc1cccc(CC(Br)c2cc(Br)c(Br)s2)c1. The molecule has 17 heavy (non-hydrogen) atoms. The van der Waals surface area contributed by atoms with Gasteiger partial charge in [0, 0.05) is 13.8 Å². The Balaban J connectivity index is 2.14. The van der Waals surface area contributed by atoms with Gasteiger partial charge < -0.3 is 0 Å². The topological polar surface area (TPSA) is 0 Å². The van der Waals surface area contributed by atoms with E-state index in [2.05, 4.69) is 88.0 Å². The van der Waals surface area contributed by atoms with Crippen molar-refractivity contribution in [3.05, 3.63) is 53.5 Å². The minimum atomic E-state index is 0.351. The molecule has 2 rings (SSSR count). The standard InChI is InChI=1S/C12H8Br4S/c13-8-3-1-2-7(4-8)5-9(14)11-6-10(15)12(16)17-11/h1-4,6,9H,5H2. The summed E-state index contributed by atoms with van der Waals surface area (Å²) in [6.45, 7) is 0. The highest BCUT2D eigenvalue weighted by atomic mass is 79.9. The lowest BCUT2D eigenvalue weighted by Crippen LogP contribution is -1.92. The van der Waals surface area contributed by atoms with E-state index in [-0.39, 0.29) is 0 Å². The molecule has 1 heterocycles. The lowest BCUT2D eigenvalue weighted by molar-refractivity contribution is 0.968. The zero-order valence-electron chi connectivity index (χ0n) is 8.59. The van der Waals surface area contributed by atoms with Crippen LogP contribution in [0.15, 0.2) is 43.1 Å². The number of hydrogen-bond donors (Lipinski definition) is 0. The first-order valence-corrected chi connectivity index (χ1v) is 9.00. The number of halogens is 4. The molecule has 0 bridgehead atoms. The fraction of sp³-hybridized carbons (Fsp3) is 0.167. The Bertz CT molecular complexity index is 501. The van der Waals surface area contributed by atoms with Crippen LogP contribution in [0.25, 0.3) is 0 Å². The van der Waals surface area contributed by atoms with E-state index in [0.29, 0.717) is 4.83 Å². The molecule has 0 spiro atoms. The molecule has 0 fully saturated rings. The predicted octanol–water partition coefficient (Wildman–Crippen LogP) is 6.71. The molecule has 0 saturated carbocycles. The van der Waals surface area contributed by atoms with Crippen LogP contribution < -0.4 is 0 Å². The van der Waals surface area contributed by atoms with Gasteiger partial charge in [0.05, 0.1) is 8.61 Å². The molecule has 0 aliphatic rings. The van der Waals surface area contributed by atoms with Gasteiger partial charge in [0.1, 0.15) is 0 Å². The molecule has 0 amide bonds. The fourth-order valence-corrected chi connectivity index (χ4v) is 4.79. The summed E-state index contributed by atoms with van der Waals surface area (Å²) in [5, 5.41) is 0. The number of benzene rings is 1. The third-order valence-corrected chi connectivity index (χ3v) is 7.26. The Morgan fingerprint density at radius 3 is 2.47 bits per heavy atom. The number of thiophene rings is 1. The van der Waals surface area contributed by atoms with Gasteiger partial charge in [-0.05, 0) is 62.0 Å². The second-order valence-electron chi connectivity index (χ2n) is 3.57. The van der Waals surface area contributed by atoms with E-state index in [4.69, 9.17) is 0 Å². The van der Waals surface area contributed by atoms with Gasteiger partial charge in [-0.1, -0.05) is 44.0 Å². The minimum Gasteiger partial charge on any atom is -0.131 e. The molecule has 0 N–H and O–H groups in total. The average molecular weight is 504 g/mol. The second-order valence-corrected chi connectivity index (χ2v) is 8.85. The van der Waals surface area contributed by atoms with Crippen LogP contribution in [-0.4, -0.2) is 0 Å². The van der Waals surface area contributed by atoms with Gasteiger partial charge in [0.15, 0.2) is 0 Å². The third-order valence-electron chi connectivity index (χ3n) is 2.28. The first-order valence-electron chi connectivity index (χ1n) is 4.89. The van der Waals surface area contributed by atoms with Crippen molar-refractivity contribution < 1.29 is 0 Å². The van der Waals surface area contributed by atoms with Gasteiger partial charge in [-0.15, -0.1) is 11.3 Å². The summed E-state index contributed by atoms with van der Waals surface area (Å²) in [7, 11) is 0. The molecule has 0 aliphatic heterocycles. The molecule has 0 saturated heterocycles. The van der Waals surface area contributed by atoms with E-state index in [1.165, 1.54) is 10.4 Å². The van der Waals surface area contributed by atoms with Crippen molar-refractivity contribution in [1.29, 1.82) is 0 Å². The van der Waals surface area contributed by atoms with E-state index in [0.717, 1.165) is 19.2 Å². The van der Waals surface area contributed by atoms with Crippen LogP contribution >= 0.6 is 75.1 Å². The summed E-state index contributed by atoms with van der Waals surface area (Å²) < 4.78 is 3.39. The first-order chi connectivity index (χ1) is 8.06. The summed E-state index contributed by atoms with van der Waals surface area (Å²) in [6.07, 6.45) is 0.985. The van der Waals surface area contributed by atoms with Crippen molar-refractivity contribution in [2.24, 2.45) is 0 Å². The van der Waals surface area contributed by atoms with Gasteiger partial charge >= 0.3 is 0 Å². The van der Waals surface area contributed by atoms with Crippen molar-refractivity contribution >= 4 is 75.1 Å². The maximum atomic E-state index is 3.75. The molecule has 1 atom stereocenters. The highest BCUT2D eigenvalue weighted by molar-refractivity contribution is 9.13. The van der Waals surface area contributed by atoms with E-state index >= 15 is 0 Å². The van der Waals surface area contributed by atoms with Gasteiger partial charge in [-0.3, -0.25) is 0 Å². The van der Waals surface area contributed by atoms with Crippen molar-refractivity contribution in [2.45, 2.75) is 11.2 Å². The van der Waals surface area contributed by atoms with Crippen LogP contribution in [0, 0.1) is 0 Å². The van der Waals surface area contributed by atoms with Crippen molar-refractivity contribution in [2.75, 3.05) is 0 Å². The quantitative estimate of drug-likeness (QED) is 0.408. The Kier molecular flexibility index (Phi) is 5.31. The molecule has 90 valence electrons. The van der Waals surface area contributed by atoms with Crippen LogP contribution in [-0.2, 0) is 6.42 Å². The molecule has 0 radical (unpaired) electrons.